The average molecular weight is 380 g/mol. The third-order valence-electron chi connectivity index (χ3n) is 3.87. The van der Waals surface area contributed by atoms with Crippen molar-refractivity contribution in [1.82, 2.24) is 10.4 Å². The normalized spacial score (nSPS) is 12.0. The molecule has 0 saturated carbocycles. The van der Waals surface area contributed by atoms with Crippen molar-refractivity contribution in [2.75, 3.05) is 0 Å². The largest absolute Gasteiger partial charge is 0.507 e. The lowest BCUT2D eigenvalue weighted by Gasteiger charge is -2.14. The van der Waals surface area contributed by atoms with Crippen LogP contribution in [-0.4, -0.2) is 33.2 Å². The highest BCUT2D eigenvalue weighted by molar-refractivity contribution is 5.88. The number of hydrazone groups is 1. The lowest BCUT2D eigenvalue weighted by molar-refractivity contribution is -0.384. The molecule has 0 aliphatic rings. The number of nitrogens with one attached hydrogen (secondary N) is 1. The maximum atomic E-state index is 12.2. The van der Waals surface area contributed by atoms with E-state index in [9.17, 15) is 20.0 Å². The Labute approximate surface area is 159 Å². The minimum atomic E-state index is -0.872. The summed E-state index contributed by atoms with van der Waals surface area (Å²) in [6.45, 7) is 1.55. The number of fused-ring (bicyclic) bond motifs is 1. The lowest BCUT2D eigenvalue weighted by atomic mass is 10.2. The number of carbonyl (C=O) groups excluding carboxylic acids is 1. The van der Waals surface area contributed by atoms with Crippen molar-refractivity contribution in [2.24, 2.45) is 5.10 Å². The maximum Gasteiger partial charge on any atom is 0.280 e. The molecule has 1 atom stereocenters. The second-order valence-corrected chi connectivity index (χ2v) is 5.83. The first-order valence-electron chi connectivity index (χ1n) is 8.26. The minimum absolute atomic E-state index is 0.0984. The Morgan fingerprint density at radius 1 is 1.32 bits per heavy atom. The fraction of sp³-hybridized carbons (Fsp3) is 0.105. The van der Waals surface area contributed by atoms with Crippen LogP contribution < -0.4 is 10.2 Å². The molecule has 2 aromatic carbocycles. The summed E-state index contributed by atoms with van der Waals surface area (Å²) in [5, 5.41) is 25.1. The van der Waals surface area contributed by atoms with Crippen molar-refractivity contribution in [3.05, 3.63) is 70.4 Å². The highest BCUT2D eigenvalue weighted by Gasteiger charge is 2.16. The topological polar surface area (TPSA) is 127 Å². The fourth-order valence-corrected chi connectivity index (χ4v) is 2.43. The number of pyridine rings is 1. The number of phenolic OH excluding ortho intramolecular Hbond substituents is 1. The number of amides is 1. The third kappa shape index (κ3) is 4.21. The molecule has 0 saturated heterocycles. The monoisotopic (exact) mass is 380 g/mol. The van der Waals surface area contributed by atoms with E-state index in [-0.39, 0.29) is 17.0 Å². The van der Waals surface area contributed by atoms with Gasteiger partial charge in [-0.25, -0.2) is 5.43 Å². The van der Waals surface area contributed by atoms with Crippen LogP contribution >= 0.6 is 0 Å². The van der Waals surface area contributed by atoms with Gasteiger partial charge in [0.2, 0.25) is 0 Å². The maximum absolute atomic E-state index is 12.2. The number of para-hydroxylation sites is 1. The number of carbonyl (C=O) groups is 1. The summed E-state index contributed by atoms with van der Waals surface area (Å²) in [7, 11) is 0. The van der Waals surface area contributed by atoms with Crippen LogP contribution in [0.4, 0.5) is 5.69 Å². The van der Waals surface area contributed by atoms with Crippen LogP contribution in [0.5, 0.6) is 11.5 Å². The molecule has 0 spiro atoms. The van der Waals surface area contributed by atoms with E-state index in [0.29, 0.717) is 11.3 Å². The zero-order valence-electron chi connectivity index (χ0n) is 14.8. The number of hydrogen-bond donors (Lipinski definition) is 2. The first kappa shape index (κ1) is 18.8. The summed E-state index contributed by atoms with van der Waals surface area (Å²) in [5.41, 5.74) is 2.81. The quantitative estimate of drug-likeness (QED) is 0.385. The van der Waals surface area contributed by atoms with E-state index in [1.165, 1.54) is 12.1 Å². The van der Waals surface area contributed by atoms with Gasteiger partial charge in [-0.3, -0.25) is 19.9 Å². The van der Waals surface area contributed by atoms with E-state index in [1.54, 1.807) is 31.3 Å². The number of rotatable bonds is 6. The second-order valence-electron chi connectivity index (χ2n) is 5.83. The number of nitrogens with zero attached hydrogens (tertiary/aromatic N) is 3. The van der Waals surface area contributed by atoms with E-state index in [1.807, 2.05) is 12.1 Å². The van der Waals surface area contributed by atoms with Gasteiger partial charge in [0.25, 0.3) is 11.6 Å². The molecular formula is C19H16N4O5. The van der Waals surface area contributed by atoms with Gasteiger partial charge in [-0.05, 0) is 25.1 Å². The Kier molecular flexibility index (Phi) is 5.45. The molecule has 1 heterocycles. The summed E-state index contributed by atoms with van der Waals surface area (Å²) < 4.78 is 5.68. The zero-order chi connectivity index (χ0) is 20.1. The Balaban J connectivity index is 1.67. The number of benzene rings is 2. The Morgan fingerprint density at radius 3 is 2.89 bits per heavy atom. The van der Waals surface area contributed by atoms with E-state index < -0.39 is 16.9 Å². The summed E-state index contributed by atoms with van der Waals surface area (Å²) in [6.07, 6.45) is 1.88. The van der Waals surface area contributed by atoms with E-state index >= 15 is 0 Å². The SMILES string of the molecule is CC(Oc1cccc2cccnc12)C(=O)NN=Cc1cc([N+](=O)[O-])ccc1O. The zero-order valence-corrected chi connectivity index (χ0v) is 14.8. The van der Waals surface area contributed by atoms with Gasteiger partial charge in [0.15, 0.2) is 6.10 Å². The molecule has 0 aliphatic carbocycles. The first-order chi connectivity index (χ1) is 13.5. The number of aromatic nitrogens is 1. The molecule has 9 nitrogen and oxygen atoms in total. The molecule has 142 valence electrons. The predicted molar refractivity (Wildman–Crippen MR) is 102 cm³/mol. The molecular weight excluding hydrogens is 364 g/mol. The molecule has 1 aromatic heterocycles. The number of nitro benzene ring substituents is 1. The fourth-order valence-electron chi connectivity index (χ4n) is 2.43. The van der Waals surface area contributed by atoms with E-state index in [2.05, 4.69) is 15.5 Å². The van der Waals surface area contributed by atoms with Gasteiger partial charge in [-0.2, -0.15) is 5.10 Å². The van der Waals surface area contributed by atoms with Crippen LogP contribution in [0.3, 0.4) is 0 Å². The number of phenols is 1. The molecule has 9 heteroatoms. The Hall–Kier alpha value is -4.01. The molecule has 0 fully saturated rings. The molecule has 0 aliphatic heterocycles. The first-order valence-corrected chi connectivity index (χ1v) is 8.26. The van der Waals surface area contributed by atoms with Gasteiger partial charge in [0.1, 0.15) is 17.0 Å². The smallest absolute Gasteiger partial charge is 0.280 e. The Morgan fingerprint density at radius 2 is 2.11 bits per heavy atom. The second kappa shape index (κ2) is 8.12. The van der Waals surface area contributed by atoms with Crippen molar-refractivity contribution >= 4 is 28.7 Å². The van der Waals surface area contributed by atoms with E-state index in [4.69, 9.17) is 4.74 Å². The van der Waals surface area contributed by atoms with Crippen molar-refractivity contribution < 1.29 is 19.6 Å². The molecule has 2 N–H and O–H groups in total. The van der Waals surface area contributed by atoms with Gasteiger partial charge in [0, 0.05) is 29.3 Å². The van der Waals surface area contributed by atoms with Crippen LogP contribution in [-0.2, 0) is 4.79 Å². The summed E-state index contributed by atoms with van der Waals surface area (Å²) in [5.74, 6) is -0.273. The molecule has 0 radical (unpaired) electrons. The number of non-ortho nitro benzene ring substituents is 1. The van der Waals surface area contributed by atoms with Gasteiger partial charge in [0.05, 0.1) is 11.1 Å². The van der Waals surface area contributed by atoms with Crippen LogP contribution in [0, 0.1) is 10.1 Å². The molecule has 3 aromatic rings. The van der Waals surface area contributed by atoms with Gasteiger partial charge < -0.3 is 9.84 Å². The minimum Gasteiger partial charge on any atom is -0.507 e. The molecule has 1 unspecified atom stereocenters. The molecule has 1 amide bonds. The summed E-state index contributed by atoms with van der Waals surface area (Å²) >= 11 is 0. The standard InChI is InChI=1S/C19H16N4O5/c1-12(28-17-6-2-4-13-5-3-9-20-18(13)17)19(25)22-21-11-14-10-15(23(26)27)7-8-16(14)24/h2-12,24H,1H3,(H,22,25). The number of ether oxygens (including phenoxy) is 1. The predicted octanol–water partition coefficient (Wildman–Crippen LogP) is 2.77. The molecule has 3 rings (SSSR count). The third-order valence-corrected chi connectivity index (χ3v) is 3.87. The Bertz CT molecular complexity index is 1060. The average Bonchev–Trinajstić information content (AvgIpc) is 2.69. The summed E-state index contributed by atoms with van der Waals surface area (Å²) in [4.78, 5) is 26.6. The van der Waals surface area contributed by atoms with Gasteiger partial charge in [-0.1, -0.05) is 18.2 Å². The molecule has 0 bridgehead atoms. The van der Waals surface area contributed by atoms with Gasteiger partial charge in [-0.15, -0.1) is 0 Å². The highest BCUT2D eigenvalue weighted by atomic mass is 16.6. The van der Waals surface area contributed by atoms with Crippen molar-refractivity contribution in [3.63, 3.8) is 0 Å². The van der Waals surface area contributed by atoms with Gasteiger partial charge >= 0.3 is 0 Å². The summed E-state index contributed by atoms with van der Waals surface area (Å²) in [6, 6.07) is 12.6. The molecule has 28 heavy (non-hydrogen) atoms. The number of aromatic hydroxyl groups is 1. The van der Waals surface area contributed by atoms with Crippen LogP contribution in [0.15, 0.2) is 59.8 Å². The van der Waals surface area contributed by atoms with Crippen molar-refractivity contribution in [3.8, 4) is 11.5 Å². The number of hydrogen-bond acceptors (Lipinski definition) is 7. The van der Waals surface area contributed by atoms with Crippen LogP contribution in [0.25, 0.3) is 10.9 Å². The van der Waals surface area contributed by atoms with Crippen molar-refractivity contribution in [1.29, 1.82) is 0 Å². The number of nitro groups is 1. The lowest BCUT2D eigenvalue weighted by Crippen LogP contribution is -2.33. The van der Waals surface area contributed by atoms with E-state index in [0.717, 1.165) is 17.7 Å². The van der Waals surface area contributed by atoms with Crippen LogP contribution in [0.2, 0.25) is 0 Å². The van der Waals surface area contributed by atoms with Crippen LogP contribution in [0.1, 0.15) is 12.5 Å². The highest BCUT2D eigenvalue weighted by Crippen LogP contribution is 2.24. The van der Waals surface area contributed by atoms with Crippen molar-refractivity contribution in [2.45, 2.75) is 13.0 Å².